The van der Waals surface area contributed by atoms with Gasteiger partial charge in [0, 0.05) is 23.9 Å². The third kappa shape index (κ3) is 3.73. The highest BCUT2D eigenvalue weighted by Gasteiger charge is 2.61. The summed E-state index contributed by atoms with van der Waals surface area (Å²) in [5, 5.41) is 12.7. The van der Waals surface area contributed by atoms with Crippen LogP contribution in [0.3, 0.4) is 0 Å². The number of amides is 2. The van der Waals surface area contributed by atoms with Crippen molar-refractivity contribution in [1.82, 2.24) is 10.2 Å². The van der Waals surface area contributed by atoms with Crippen molar-refractivity contribution in [3.63, 3.8) is 0 Å². The van der Waals surface area contributed by atoms with Crippen molar-refractivity contribution in [2.45, 2.75) is 12.1 Å². The summed E-state index contributed by atoms with van der Waals surface area (Å²) in [6.45, 7) is -0.341. The van der Waals surface area contributed by atoms with E-state index in [9.17, 15) is 27.9 Å². The Balaban J connectivity index is 2.03. The number of carbonyl (C=O) groups is 3. The van der Waals surface area contributed by atoms with Crippen LogP contribution in [0.2, 0.25) is 15.1 Å². The highest BCUT2D eigenvalue weighted by atomic mass is 35.5. The zero-order valence-electron chi connectivity index (χ0n) is 14.4. The number of nitrogens with zero attached hydrogens (tertiary/aromatic N) is 1. The second-order valence-electron chi connectivity index (χ2n) is 6.76. The van der Waals surface area contributed by atoms with E-state index in [0.29, 0.717) is 5.56 Å². The molecule has 4 atom stereocenters. The molecule has 3 rings (SSSR count). The number of fused-ring (bicyclic) bond motifs is 1. The minimum Gasteiger partial charge on any atom is -0.480 e. The van der Waals surface area contributed by atoms with E-state index in [0.717, 1.165) is 11.2 Å². The Morgan fingerprint density at radius 2 is 1.79 bits per heavy atom. The van der Waals surface area contributed by atoms with Gasteiger partial charge in [-0.15, -0.1) is 0 Å². The molecule has 4 unspecified atom stereocenters. The molecule has 2 aliphatic heterocycles. The van der Waals surface area contributed by atoms with Crippen LogP contribution >= 0.6 is 34.8 Å². The summed E-state index contributed by atoms with van der Waals surface area (Å²) in [7, 11) is -3.43. The van der Waals surface area contributed by atoms with Crippen LogP contribution in [-0.4, -0.2) is 60.8 Å². The number of hydrogen-bond donors (Lipinski definition) is 2. The van der Waals surface area contributed by atoms with Gasteiger partial charge in [-0.3, -0.25) is 24.6 Å². The number of sulfone groups is 1. The molecule has 0 aromatic heterocycles. The number of likely N-dealkylation sites (tertiary alicyclic amines) is 1. The number of carbonyl (C=O) groups excluding carboxylic acids is 2. The first-order chi connectivity index (χ1) is 12.9. The monoisotopic (exact) mass is 468 g/mol. The van der Waals surface area contributed by atoms with Gasteiger partial charge < -0.3 is 5.11 Å². The molecule has 152 valence electrons. The fourth-order valence-corrected chi connectivity index (χ4v) is 4.91. The molecule has 0 bridgehead atoms. The summed E-state index contributed by atoms with van der Waals surface area (Å²) in [4.78, 5) is 38.2. The van der Waals surface area contributed by atoms with Gasteiger partial charge in [0.15, 0.2) is 0 Å². The van der Waals surface area contributed by atoms with Gasteiger partial charge in [0.2, 0.25) is 11.8 Å². The molecule has 8 nitrogen and oxygen atoms in total. The van der Waals surface area contributed by atoms with Crippen molar-refractivity contribution in [3.8, 4) is 0 Å². The number of carboxylic acid groups (broad SMARTS) is 1. The van der Waals surface area contributed by atoms with Gasteiger partial charge in [0.25, 0.3) is 0 Å². The van der Waals surface area contributed by atoms with E-state index in [1.54, 1.807) is 0 Å². The van der Waals surface area contributed by atoms with Gasteiger partial charge in [-0.25, -0.2) is 8.42 Å². The molecule has 28 heavy (non-hydrogen) atoms. The molecule has 2 aliphatic rings. The molecule has 2 heterocycles. The molecule has 0 aliphatic carbocycles. The minimum absolute atomic E-state index is 0.0863. The third-order valence-corrected chi connectivity index (χ3v) is 6.83. The van der Waals surface area contributed by atoms with Crippen LogP contribution in [0.4, 0.5) is 0 Å². The van der Waals surface area contributed by atoms with Gasteiger partial charge >= 0.3 is 5.97 Å². The van der Waals surface area contributed by atoms with Crippen LogP contribution in [0.25, 0.3) is 0 Å². The fourth-order valence-electron chi connectivity index (χ4n) is 3.66. The minimum atomic E-state index is -3.43. The Morgan fingerprint density at radius 1 is 1.18 bits per heavy atom. The van der Waals surface area contributed by atoms with E-state index in [4.69, 9.17) is 34.8 Å². The number of nitrogens with one attached hydrogen (secondary N) is 1. The maximum absolute atomic E-state index is 12.9. The van der Waals surface area contributed by atoms with Crippen molar-refractivity contribution in [3.05, 3.63) is 32.8 Å². The summed E-state index contributed by atoms with van der Waals surface area (Å²) >= 11 is 18.3. The van der Waals surface area contributed by atoms with E-state index in [1.807, 2.05) is 0 Å². The Morgan fingerprint density at radius 3 is 2.36 bits per heavy atom. The highest BCUT2D eigenvalue weighted by molar-refractivity contribution is 7.90. The lowest BCUT2D eigenvalue weighted by Crippen LogP contribution is -2.44. The van der Waals surface area contributed by atoms with Crippen molar-refractivity contribution < 1.29 is 27.9 Å². The van der Waals surface area contributed by atoms with Gasteiger partial charge in [-0.05, 0) is 17.7 Å². The number of hydrogen-bond acceptors (Lipinski definition) is 6. The maximum atomic E-state index is 12.9. The number of benzene rings is 1. The number of carboxylic acids is 1. The Kier molecular flexibility index (Phi) is 5.68. The summed E-state index contributed by atoms with van der Waals surface area (Å²) in [6, 6.07) is 0.583. The van der Waals surface area contributed by atoms with Crippen molar-refractivity contribution in [1.29, 1.82) is 0 Å². The molecule has 1 aromatic rings. The van der Waals surface area contributed by atoms with Crippen molar-refractivity contribution in [2.24, 2.45) is 11.8 Å². The fraction of sp³-hybridized carbons (Fsp3) is 0.438. The second-order valence-corrected chi connectivity index (χ2v) is 10.2. The Hall–Kier alpha value is -1.39. The smallest absolute Gasteiger partial charge is 0.321 e. The molecule has 0 radical (unpaired) electrons. The first-order valence-corrected chi connectivity index (χ1v) is 11.3. The molecule has 0 saturated carbocycles. The first-order valence-electron chi connectivity index (χ1n) is 8.08. The zero-order chi connectivity index (χ0) is 21.0. The topological polar surface area (TPSA) is 121 Å². The maximum Gasteiger partial charge on any atom is 0.321 e. The summed E-state index contributed by atoms with van der Waals surface area (Å²) in [5.74, 6) is -5.38. The number of rotatable bonds is 5. The molecule has 1 aromatic carbocycles. The van der Waals surface area contributed by atoms with E-state index < -0.39 is 57.3 Å². The van der Waals surface area contributed by atoms with Crippen molar-refractivity contribution in [2.75, 3.05) is 18.6 Å². The average molecular weight is 470 g/mol. The predicted molar refractivity (Wildman–Crippen MR) is 102 cm³/mol. The van der Waals surface area contributed by atoms with E-state index >= 15 is 0 Å². The van der Waals surface area contributed by atoms with Crippen LogP contribution in [0.15, 0.2) is 12.1 Å². The second kappa shape index (κ2) is 7.46. The van der Waals surface area contributed by atoms with Crippen LogP contribution in [0.5, 0.6) is 0 Å². The normalized spacial score (nSPS) is 27.4. The number of imide groups is 1. The Bertz CT molecular complexity index is 983. The van der Waals surface area contributed by atoms with E-state index in [1.165, 1.54) is 12.1 Å². The molecule has 12 heteroatoms. The predicted octanol–water partition coefficient (Wildman–Crippen LogP) is 1.39. The molecule has 0 spiro atoms. The van der Waals surface area contributed by atoms with Crippen molar-refractivity contribution >= 4 is 62.4 Å². The lowest BCUT2D eigenvalue weighted by Gasteiger charge is -2.22. The molecule has 2 fully saturated rings. The van der Waals surface area contributed by atoms with Crippen LogP contribution in [-0.2, 0) is 24.2 Å². The van der Waals surface area contributed by atoms with E-state index in [2.05, 4.69) is 5.32 Å². The molecule has 2 N–H and O–H groups in total. The molecular weight excluding hydrogens is 455 g/mol. The Labute approximate surface area is 175 Å². The number of halogens is 3. The van der Waals surface area contributed by atoms with Gasteiger partial charge in [0.05, 0.1) is 27.6 Å². The largest absolute Gasteiger partial charge is 0.480 e. The highest BCUT2D eigenvalue weighted by Crippen LogP contribution is 2.47. The molecular formula is C16H15Cl3N2O6S. The van der Waals surface area contributed by atoms with E-state index in [-0.39, 0.29) is 21.6 Å². The standard InChI is InChI=1S/C16H15Cl3N2O6S/c1-28(26,27)3-2-21-14(22)9-10(15(21)23)13(16(24)25)20-12(9)7-4-6(17)5-8(18)11(7)19/h4-5,9-10,12-13,20H,2-3H2,1H3,(H,24,25). The first kappa shape index (κ1) is 21.3. The zero-order valence-corrected chi connectivity index (χ0v) is 17.4. The van der Waals surface area contributed by atoms with Crippen LogP contribution in [0.1, 0.15) is 11.6 Å². The SMILES string of the molecule is CS(=O)(=O)CCN1C(=O)C2C(C(=O)O)NC(c3cc(Cl)cc(Cl)c3Cl)C2C1=O. The quantitative estimate of drug-likeness (QED) is 0.494. The summed E-state index contributed by atoms with van der Waals surface area (Å²) < 4.78 is 22.8. The van der Waals surface area contributed by atoms with Gasteiger partial charge in [0.1, 0.15) is 15.9 Å². The molecule has 2 saturated heterocycles. The van der Waals surface area contributed by atoms with Crippen LogP contribution < -0.4 is 5.32 Å². The van der Waals surface area contributed by atoms with Crippen LogP contribution in [0, 0.1) is 11.8 Å². The lowest BCUT2D eigenvalue weighted by molar-refractivity contribution is -0.145. The van der Waals surface area contributed by atoms with Gasteiger partial charge in [-0.1, -0.05) is 34.8 Å². The summed E-state index contributed by atoms with van der Waals surface area (Å²) in [5.41, 5.74) is 0.295. The third-order valence-electron chi connectivity index (χ3n) is 4.87. The molecule has 2 amide bonds. The van der Waals surface area contributed by atoms with Gasteiger partial charge in [-0.2, -0.15) is 0 Å². The lowest BCUT2D eigenvalue weighted by atomic mass is 9.86. The summed E-state index contributed by atoms with van der Waals surface area (Å²) in [6.07, 6.45) is 0.983. The average Bonchev–Trinajstić information content (AvgIpc) is 3.07. The number of aliphatic carboxylic acids is 1.